The average Bonchev–Trinajstić information content (AvgIpc) is 3.16. The summed E-state index contributed by atoms with van der Waals surface area (Å²) < 4.78 is 34.1. The fourth-order valence-corrected chi connectivity index (χ4v) is 5.51. The number of esters is 2. The van der Waals surface area contributed by atoms with Crippen LogP contribution in [-0.4, -0.2) is 86.1 Å². The maximum Gasteiger partial charge on any atom is 0.472 e. The zero-order valence-electron chi connectivity index (χ0n) is 35.9. The fraction of sp³-hybridized carbons (Fsp3) is 0.609. The van der Waals surface area contributed by atoms with Crippen LogP contribution in [0.25, 0.3) is 0 Å². The largest absolute Gasteiger partial charge is 0.472 e. The van der Waals surface area contributed by atoms with Crippen LogP contribution in [0.2, 0.25) is 0 Å². The van der Waals surface area contributed by atoms with Gasteiger partial charge in [-0.05, 0) is 83.5 Å². The summed E-state index contributed by atoms with van der Waals surface area (Å²) in [6.07, 6.45) is 45.6. The van der Waals surface area contributed by atoms with Crippen molar-refractivity contribution < 1.29 is 47.2 Å². The summed E-state index contributed by atoms with van der Waals surface area (Å²) in [5, 5.41) is 9.48. The Labute approximate surface area is 346 Å². The van der Waals surface area contributed by atoms with E-state index in [1.165, 1.54) is 19.3 Å². The van der Waals surface area contributed by atoms with E-state index in [-0.39, 0.29) is 32.2 Å². The van der Waals surface area contributed by atoms with Crippen LogP contribution in [0.1, 0.15) is 123 Å². The number of hydrogen-bond acceptors (Lipinski definition) is 8. The molecule has 57 heavy (non-hydrogen) atoms. The van der Waals surface area contributed by atoms with Gasteiger partial charge in [-0.3, -0.25) is 18.6 Å². The van der Waals surface area contributed by atoms with Gasteiger partial charge in [-0.15, -0.1) is 0 Å². The lowest BCUT2D eigenvalue weighted by molar-refractivity contribution is -0.870. The standard InChI is InChI=1S/C46H76NO9P/c1-6-8-9-10-11-12-13-14-15-19-22-25-28-31-34-37-45(49)53-41-44(42-55-57(51,52)54-40-39-47(3,4)5)56-46(50)38-35-32-29-26-23-20-17-16-18-21-24-27-30-33-36-43(48)7-2/h11-12,14-15,17-18,20-22,25-27,29-30,33,36,43-44,48H,6-10,13,16,19,23-24,28,31-32,34-35,37-42H2,1-5H3/p+1/b12-11-,15-14-,20-17-,21-18-,25-22-,29-26-,30-27-,36-33+/t43-,44-/m1/s1. The highest BCUT2D eigenvalue weighted by Crippen LogP contribution is 2.43. The number of likely N-dealkylation sites (N-methyl/N-ethyl adjacent to an activating group) is 1. The number of carbonyl (C=O) groups excluding carboxylic acids is 2. The molecule has 0 aromatic heterocycles. The number of quaternary nitrogens is 1. The minimum atomic E-state index is -4.41. The van der Waals surface area contributed by atoms with Crippen molar-refractivity contribution in [3.05, 3.63) is 97.2 Å². The quantitative estimate of drug-likeness (QED) is 0.0159. The first-order valence-corrected chi connectivity index (χ1v) is 22.6. The third kappa shape index (κ3) is 40.9. The molecule has 0 amide bonds. The SMILES string of the molecule is CCCCC/C=C\C/C=C\C/C=C\CCCCC(=O)OC[C@H](COP(=O)(O)OCC[N+](C)(C)C)OC(=O)CCC/C=C\C/C=C\C/C=C\C/C=C\C=C\[C@H](O)CC. The highest BCUT2D eigenvalue weighted by molar-refractivity contribution is 7.47. The molecule has 324 valence electrons. The maximum absolute atomic E-state index is 12.7. The number of aliphatic hydroxyl groups excluding tert-OH is 1. The second-order valence-electron chi connectivity index (χ2n) is 14.8. The molecular weight excluding hydrogens is 741 g/mol. The van der Waals surface area contributed by atoms with Crippen LogP contribution in [0, 0.1) is 0 Å². The molecular formula is C46H77NO9P+. The second kappa shape index (κ2) is 37.2. The van der Waals surface area contributed by atoms with Crippen LogP contribution in [0.15, 0.2) is 97.2 Å². The van der Waals surface area contributed by atoms with Crippen molar-refractivity contribution >= 4 is 19.8 Å². The molecule has 0 spiro atoms. The Bertz CT molecular complexity index is 1310. The minimum Gasteiger partial charge on any atom is -0.462 e. The first-order valence-electron chi connectivity index (χ1n) is 21.1. The van der Waals surface area contributed by atoms with Gasteiger partial charge in [-0.2, -0.15) is 0 Å². The van der Waals surface area contributed by atoms with Gasteiger partial charge in [0.2, 0.25) is 0 Å². The number of aliphatic hydroxyl groups is 1. The van der Waals surface area contributed by atoms with Gasteiger partial charge in [-0.1, -0.05) is 124 Å². The van der Waals surface area contributed by atoms with Crippen molar-refractivity contribution in [3.8, 4) is 0 Å². The molecule has 0 aliphatic rings. The van der Waals surface area contributed by atoms with E-state index in [0.717, 1.165) is 51.4 Å². The number of phosphoric acid groups is 1. The molecule has 0 aromatic rings. The third-order valence-electron chi connectivity index (χ3n) is 8.26. The topological polar surface area (TPSA) is 129 Å². The molecule has 0 aliphatic carbocycles. The fourth-order valence-electron chi connectivity index (χ4n) is 4.77. The van der Waals surface area contributed by atoms with Gasteiger partial charge < -0.3 is 24.0 Å². The second-order valence-corrected chi connectivity index (χ2v) is 16.3. The molecule has 1 unspecified atom stereocenters. The molecule has 11 heteroatoms. The van der Waals surface area contributed by atoms with Gasteiger partial charge >= 0.3 is 19.8 Å². The van der Waals surface area contributed by atoms with Gasteiger partial charge in [0.25, 0.3) is 0 Å². The predicted molar refractivity (Wildman–Crippen MR) is 234 cm³/mol. The van der Waals surface area contributed by atoms with Crippen molar-refractivity contribution in [1.29, 1.82) is 0 Å². The van der Waals surface area contributed by atoms with Crippen molar-refractivity contribution in [2.75, 3.05) is 47.5 Å². The summed E-state index contributed by atoms with van der Waals surface area (Å²) in [4.78, 5) is 35.3. The summed E-state index contributed by atoms with van der Waals surface area (Å²) in [6, 6.07) is 0. The number of nitrogens with zero attached hydrogens (tertiary/aromatic N) is 1. The first-order chi connectivity index (χ1) is 27.4. The van der Waals surface area contributed by atoms with Crippen LogP contribution >= 0.6 is 7.82 Å². The Morgan fingerprint density at radius 3 is 1.68 bits per heavy atom. The van der Waals surface area contributed by atoms with Gasteiger partial charge in [0.15, 0.2) is 6.10 Å². The summed E-state index contributed by atoms with van der Waals surface area (Å²) in [5.74, 6) is -0.944. The van der Waals surface area contributed by atoms with Gasteiger partial charge in [0.1, 0.15) is 19.8 Å². The molecule has 10 nitrogen and oxygen atoms in total. The molecule has 0 bridgehead atoms. The van der Waals surface area contributed by atoms with E-state index < -0.39 is 32.5 Å². The average molecular weight is 819 g/mol. The number of unbranched alkanes of at least 4 members (excludes halogenated alkanes) is 6. The van der Waals surface area contributed by atoms with Crippen LogP contribution in [0.5, 0.6) is 0 Å². The van der Waals surface area contributed by atoms with E-state index in [4.69, 9.17) is 18.5 Å². The number of phosphoric ester groups is 1. The molecule has 0 aliphatic heterocycles. The summed E-state index contributed by atoms with van der Waals surface area (Å²) in [5.41, 5.74) is 0. The predicted octanol–water partition coefficient (Wildman–Crippen LogP) is 10.8. The monoisotopic (exact) mass is 819 g/mol. The summed E-state index contributed by atoms with van der Waals surface area (Å²) in [6.45, 7) is 3.90. The van der Waals surface area contributed by atoms with E-state index in [0.29, 0.717) is 36.7 Å². The molecule has 0 saturated carbocycles. The van der Waals surface area contributed by atoms with Crippen LogP contribution in [0.3, 0.4) is 0 Å². The Morgan fingerprint density at radius 1 is 0.632 bits per heavy atom. The van der Waals surface area contributed by atoms with Gasteiger partial charge in [-0.25, -0.2) is 4.57 Å². The Kier molecular flexibility index (Phi) is 35.2. The zero-order chi connectivity index (χ0) is 42.3. The normalized spacial score (nSPS) is 15.1. The van der Waals surface area contributed by atoms with Crippen LogP contribution < -0.4 is 0 Å². The highest BCUT2D eigenvalue weighted by Gasteiger charge is 2.27. The number of carbonyl (C=O) groups is 2. The van der Waals surface area contributed by atoms with Crippen molar-refractivity contribution in [3.63, 3.8) is 0 Å². The molecule has 0 radical (unpaired) electrons. The lowest BCUT2D eigenvalue weighted by atomic mass is 10.1. The van der Waals surface area contributed by atoms with Gasteiger partial charge in [0, 0.05) is 12.8 Å². The number of rotatable bonds is 36. The van der Waals surface area contributed by atoms with Crippen molar-refractivity contribution in [1.82, 2.24) is 0 Å². The number of hydrogen-bond donors (Lipinski definition) is 2. The van der Waals surface area contributed by atoms with E-state index in [1.807, 2.05) is 58.4 Å². The number of allylic oxidation sites excluding steroid dienone is 15. The molecule has 0 saturated heterocycles. The van der Waals surface area contributed by atoms with Crippen molar-refractivity contribution in [2.24, 2.45) is 0 Å². The lowest BCUT2D eigenvalue weighted by Crippen LogP contribution is -2.37. The van der Waals surface area contributed by atoms with Gasteiger partial charge in [0.05, 0.1) is 33.9 Å². The van der Waals surface area contributed by atoms with Crippen LogP contribution in [0.4, 0.5) is 0 Å². The van der Waals surface area contributed by atoms with E-state index in [9.17, 15) is 24.2 Å². The smallest absolute Gasteiger partial charge is 0.462 e. The van der Waals surface area contributed by atoms with E-state index in [2.05, 4.69) is 67.7 Å². The third-order valence-corrected chi connectivity index (χ3v) is 9.24. The molecule has 2 N–H and O–H groups in total. The molecule has 0 heterocycles. The maximum atomic E-state index is 12.7. The lowest BCUT2D eigenvalue weighted by Gasteiger charge is -2.24. The molecule has 3 atom stereocenters. The molecule has 0 aromatic carbocycles. The zero-order valence-corrected chi connectivity index (χ0v) is 36.8. The Hall–Kier alpha value is -3.11. The summed E-state index contributed by atoms with van der Waals surface area (Å²) >= 11 is 0. The van der Waals surface area contributed by atoms with E-state index >= 15 is 0 Å². The number of ether oxygens (including phenoxy) is 2. The minimum absolute atomic E-state index is 0.00265. The Balaban J connectivity index is 4.60. The summed E-state index contributed by atoms with van der Waals surface area (Å²) in [7, 11) is 1.38. The Morgan fingerprint density at radius 2 is 1.14 bits per heavy atom. The van der Waals surface area contributed by atoms with Crippen LogP contribution in [-0.2, 0) is 32.7 Å². The van der Waals surface area contributed by atoms with Crippen molar-refractivity contribution in [2.45, 2.75) is 135 Å². The molecule has 0 rings (SSSR count). The highest BCUT2D eigenvalue weighted by atomic mass is 31.2. The molecule has 0 fully saturated rings. The first kappa shape index (κ1) is 53.9. The van der Waals surface area contributed by atoms with E-state index in [1.54, 1.807) is 6.08 Å².